The number of fused-ring (bicyclic) bond motifs is 1. The summed E-state index contributed by atoms with van der Waals surface area (Å²) in [6.07, 6.45) is 3.70. The average molecular weight is 281 g/mol. The quantitative estimate of drug-likeness (QED) is 0.812. The first-order chi connectivity index (χ1) is 9.63. The van der Waals surface area contributed by atoms with Gasteiger partial charge in [0.25, 0.3) is 0 Å². The molecule has 1 amide bonds. The number of morpholine rings is 1. The summed E-state index contributed by atoms with van der Waals surface area (Å²) in [6.45, 7) is 8.86. The van der Waals surface area contributed by atoms with E-state index in [-0.39, 0.29) is 18.1 Å². The average Bonchev–Trinajstić information content (AvgIpc) is 2.99. The maximum absolute atomic E-state index is 12.3. The van der Waals surface area contributed by atoms with E-state index in [1.165, 1.54) is 19.4 Å². The van der Waals surface area contributed by atoms with Crippen LogP contribution in [0.5, 0.6) is 0 Å². The minimum atomic E-state index is 0.0122. The molecule has 3 rings (SSSR count). The molecular weight excluding hydrogens is 254 g/mol. The van der Waals surface area contributed by atoms with E-state index in [2.05, 4.69) is 24.1 Å². The third kappa shape index (κ3) is 3.00. The first-order valence-corrected chi connectivity index (χ1v) is 8.04. The van der Waals surface area contributed by atoms with Crippen LogP contribution in [-0.4, -0.2) is 72.7 Å². The monoisotopic (exact) mass is 281 g/mol. The second-order valence-electron chi connectivity index (χ2n) is 6.69. The lowest BCUT2D eigenvalue weighted by atomic mass is 10.2. The lowest BCUT2D eigenvalue weighted by Crippen LogP contribution is -2.51. The van der Waals surface area contributed by atoms with Crippen LogP contribution in [0.1, 0.15) is 33.1 Å². The molecule has 3 heterocycles. The van der Waals surface area contributed by atoms with E-state index in [0.29, 0.717) is 12.1 Å². The Kier molecular flexibility index (Phi) is 4.29. The minimum absolute atomic E-state index is 0.0122. The molecule has 0 saturated carbocycles. The van der Waals surface area contributed by atoms with Gasteiger partial charge in [0.05, 0.1) is 18.8 Å². The molecule has 0 bridgehead atoms. The number of nitrogens with zero attached hydrogens (tertiary/aromatic N) is 2. The van der Waals surface area contributed by atoms with Crippen LogP contribution < -0.4 is 5.32 Å². The van der Waals surface area contributed by atoms with E-state index in [9.17, 15) is 4.79 Å². The lowest BCUT2D eigenvalue weighted by molar-refractivity contribution is -0.133. The molecule has 0 aromatic carbocycles. The van der Waals surface area contributed by atoms with Crippen molar-refractivity contribution >= 4 is 5.91 Å². The minimum Gasteiger partial charge on any atom is -0.373 e. The van der Waals surface area contributed by atoms with Crippen molar-refractivity contribution in [2.45, 2.75) is 57.3 Å². The van der Waals surface area contributed by atoms with Crippen LogP contribution >= 0.6 is 0 Å². The fourth-order valence-electron chi connectivity index (χ4n) is 3.72. The second-order valence-corrected chi connectivity index (χ2v) is 6.69. The van der Waals surface area contributed by atoms with Gasteiger partial charge in [0, 0.05) is 31.7 Å². The van der Waals surface area contributed by atoms with Crippen LogP contribution in [0.2, 0.25) is 0 Å². The maximum Gasteiger partial charge on any atom is 0.239 e. The van der Waals surface area contributed by atoms with Gasteiger partial charge >= 0.3 is 0 Å². The molecule has 1 N–H and O–H groups in total. The number of carbonyl (C=O) groups excluding carboxylic acids is 1. The summed E-state index contributed by atoms with van der Waals surface area (Å²) in [5.41, 5.74) is 0. The van der Waals surface area contributed by atoms with Crippen molar-refractivity contribution in [3.8, 4) is 0 Å². The van der Waals surface area contributed by atoms with Crippen LogP contribution in [0.3, 0.4) is 0 Å². The lowest BCUT2D eigenvalue weighted by Gasteiger charge is -2.36. The summed E-state index contributed by atoms with van der Waals surface area (Å²) >= 11 is 0. The van der Waals surface area contributed by atoms with Crippen LogP contribution in [0, 0.1) is 0 Å². The Morgan fingerprint density at radius 3 is 3.00 bits per heavy atom. The molecule has 0 aromatic heterocycles. The van der Waals surface area contributed by atoms with Crippen molar-refractivity contribution in [3.63, 3.8) is 0 Å². The van der Waals surface area contributed by atoms with Gasteiger partial charge in [-0.2, -0.15) is 0 Å². The zero-order valence-corrected chi connectivity index (χ0v) is 12.7. The predicted octanol–water partition coefficient (Wildman–Crippen LogP) is 0.449. The summed E-state index contributed by atoms with van der Waals surface area (Å²) in [5, 5.41) is 3.35. The molecule has 114 valence electrons. The van der Waals surface area contributed by atoms with Gasteiger partial charge in [-0.25, -0.2) is 0 Å². The van der Waals surface area contributed by atoms with E-state index in [4.69, 9.17) is 4.74 Å². The number of likely N-dealkylation sites (tertiary alicyclic amines) is 1. The van der Waals surface area contributed by atoms with Crippen molar-refractivity contribution in [1.29, 1.82) is 0 Å². The van der Waals surface area contributed by atoms with E-state index in [0.717, 1.165) is 32.7 Å². The van der Waals surface area contributed by atoms with Gasteiger partial charge in [0.2, 0.25) is 5.91 Å². The Morgan fingerprint density at radius 2 is 2.20 bits per heavy atom. The molecular formula is C15H27N3O2. The fourth-order valence-corrected chi connectivity index (χ4v) is 3.72. The highest BCUT2D eigenvalue weighted by Gasteiger charge is 2.37. The Morgan fingerprint density at radius 1 is 1.35 bits per heavy atom. The molecule has 3 unspecified atom stereocenters. The summed E-state index contributed by atoms with van der Waals surface area (Å²) < 4.78 is 5.96. The summed E-state index contributed by atoms with van der Waals surface area (Å²) in [4.78, 5) is 16.9. The Balaban J connectivity index is 1.50. The molecule has 0 spiro atoms. The standard InChI is InChI=1S/C15H27N3O2/c1-11(2)16-14-5-7-18(15(14)19)9-13-8-17-6-3-4-12(17)10-20-13/h11-14,16H,3-10H2,1-2H3. The van der Waals surface area contributed by atoms with Crippen molar-refractivity contribution in [3.05, 3.63) is 0 Å². The molecule has 20 heavy (non-hydrogen) atoms. The number of rotatable bonds is 4. The van der Waals surface area contributed by atoms with Crippen molar-refractivity contribution in [2.24, 2.45) is 0 Å². The molecule has 0 aliphatic carbocycles. The number of nitrogens with one attached hydrogen (secondary N) is 1. The normalized spacial score (nSPS) is 35.0. The Labute approximate surface area is 121 Å². The first-order valence-electron chi connectivity index (χ1n) is 8.04. The molecule has 0 radical (unpaired) electrons. The van der Waals surface area contributed by atoms with E-state index in [1.54, 1.807) is 0 Å². The zero-order valence-electron chi connectivity index (χ0n) is 12.7. The highest BCUT2D eigenvalue weighted by molar-refractivity contribution is 5.84. The molecule has 0 aromatic rings. The summed E-state index contributed by atoms with van der Waals surface area (Å²) in [5.74, 6) is 0.255. The van der Waals surface area contributed by atoms with Crippen LogP contribution in [-0.2, 0) is 9.53 Å². The van der Waals surface area contributed by atoms with E-state index >= 15 is 0 Å². The largest absolute Gasteiger partial charge is 0.373 e. The van der Waals surface area contributed by atoms with Gasteiger partial charge in [0.15, 0.2) is 0 Å². The smallest absolute Gasteiger partial charge is 0.239 e. The van der Waals surface area contributed by atoms with Gasteiger partial charge in [0.1, 0.15) is 0 Å². The molecule has 3 aliphatic rings. The van der Waals surface area contributed by atoms with Gasteiger partial charge in [-0.15, -0.1) is 0 Å². The molecule has 5 heteroatoms. The Bertz CT molecular complexity index is 361. The van der Waals surface area contributed by atoms with Crippen LogP contribution in [0.4, 0.5) is 0 Å². The molecule has 3 saturated heterocycles. The van der Waals surface area contributed by atoms with Crippen molar-refractivity contribution in [2.75, 3.05) is 32.8 Å². The SMILES string of the molecule is CC(C)NC1CCN(CC2CN3CCCC3CO2)C1=O. The zero-order chi connectivity index (χ0) is 14.1. The highest BCUT2D eigenvalue weighted by Crippen LogP contribution is 2.23. The van der Waals surface area contributed by atoms with Crippen molar-refractivity contribution in [1.82, 2.24) is 15.1 Å². The third-order valence-electron chi connectivity index (χ3n) is 4.72. The number of amides is 1. The van der Waals surface area contributed by atoms with Crippen molar-refractivity contribution < 1.29 is 9.53 Å². The number of hydrogen-bond donors (Lipinski definition) is 1. The van der Waals surface area contributed by atoms with Crippen LogP contribution in [0.25, 0.3) is 0 Å². The van der Waals surface area contributed by atoms with Gasteiger partial charge < -0.3 is 15.0 Å². The fraction of sp³-hybridized carbons (Fsp3) is 0.933. The maximum atomic E-state index is 12.3. The van der Waals surface area contributed by atoms with E-state index in [1.807, 2.05) is 4.90 Å². The van der Waals surface area contributed by atoms with Gasteiger partial charge in [-0.3, -0.25) is 9.69 Å². The predicted molar refractivity (Wildman–Crippen MR) is 77.6 cm³/mol. The van der Waals surface area contributed by atoms with E-state index < -0.39 is 0 Å². The number of carbonyl (C=O) groups is 1. The summed E-state index contributed by atoms with van der Waals surface area (Å²) in [7, 11) is 0. The topological polar surface area (TPSA) is 44.8 Å². The molecule has 3 aliphatic heterocycles. The second kappa shape index (κ2) is 6.00. The molecule has 3 fully saturated rings. The third-order valence-corrected chi connectivity index (χ3v) is 4.72. The number of hydrogen-bond acceptors (Lipinski definition) is 4. The number of ether oxygens (including phenoxy) is 1. The molecule has 5 nitrogen and oxygen atoms in total. The molecule has 3 atom stereocenters. The summed E-state index contributed by atoms with van der Waals surface area (Å²) in [6, 6.07) is 1.01. The first kappa shape index (κ1) is 14.3. The van der Waals surface area contributed by atoms with Crippen LogP contribution in [0.15, 0.2) is 0 Å². The Hall–Kier alpha value is -0.650. The van der Waals surface area contributed by atoms with Gasteiger partial charge in [-0.05, 0) is 25.8 Å². The highest BCUT2D eigenvalue weighted by atomic mass is 16.5. The van der Waals surface area contributed by atoms with Gasteiger partial charge in [-0.1, -0.05) is 13.8 Å².